The Morgan fingerprint density at radius 2 is 2.30 bits per heavy atom. The first-order chi connectivity index (χ1) is 4.54. The van der Waals surface area contributed by atoms with Crippen LogP contribution in [0.5, 0.6) is 0 Å². The SMILES string of the molecule is C[As](C)SC[C@H](N)C(=O)O. The number of carboxylic acids is 1. The molecule has 0 saturated carbocycles. The van der Waals surface area contributed by atoms with Crippen molar-refractivity contribution in [1.82, 2.24) is 0 Å². The summed E-state index contributed by atoms with van der Waals surface area (Å²) in [7, 11) is 1.71. The number of aliphatic carboxylic acids is 1. The summed E-state index contributed by atoms with van der Waals surface area (Å²) in [5, 5.41) is 8.37. The molecule has 0 aromatic heterocycles. The van der Waals surface area contributed by atoms with Gasteiger partial charge in [0.25, 0.3) is 0 Å². The van der Waals surface area contributed by atoms with Gasteiger partial charge in [-0.25, -0.2) is 0 Å². The van der Waals surface area contributed by atoms with Gasteiger partial charge in [0, 0.05) is 0 Å². The minimum atomic E-state index is -0.900. The van der Waals surface area contributed by atoms with Gasteiger partial charge in [-0.05, 0) is 0 Å². The minimum absolute atomic E-state index is 0.558. The predicted octanol–water partition coefficient (Wildman–Crippen LogP) is 0.383. The molecule has 3 N–H and O–H groups in total. The molecule has 3 nitrogen and oxygen atoms in total. The van der Waals surface area contributed by atoms with Gasteiger partial charge in [-0.1, -0.05) is 0 Å². The molecule has 1 atom stereocenters. The fourth-order valence-electron chi connectivity index (χ4n) is 0.301. The second-order valence-corrected chi connectivity index (χ2v) is 11.5. The van der Waals surface area contributed by atoms with Crippen molar-refractivity contribution < 1.29 is 9.90 Å². The molecule has 0 radical (unpaired) electrons. The molecular formula is C5H12AsNO2S. The zero-order valence-electron chi connectivity index (χ0n) is 6.07. The van der Waals surface area contributed by atoms with Crippen LogP contribution in [0.2, 0.25) is 11.4 Å². The Labute approximate surface area is 68.6 Å². The first-order valence-corrected chi connectivity index (χ1v) is 9.82. The van der Waals surface area contributed by atoms with E-state index in [1.54, 1.807) is 10.0 Å². The molecule has 60 valence electrons. The first kappa shape index (κ1) is 10.3. The van der Waals surface area contributed by atoms with E-state index >= 15 is 0 Å². The van der Waals surface area contributed by atoms with Crippen LogP contribution in [0.25, 0.3) is 0 Å². The second-order valence-electron chi connectivity index (χ2n) is 2.05. The molecule has 0 aromatic rings. The van der Waals surface area contributed by atoms with Crippen molar-refractivity contribution in [3.63, 3.8) is 0 Å². The van der Waals surface area contributed by atoms with Gasteiger partial charge in [0.05, 0.1) is 0 Å². The van der Waals surface area contributed by atoms with Crippen molar-refractivity contribution in [3.8, 4) is 0 Å². The molecular weight excluding hydrogens is 213 g/mol. The van der Waals surface area contributed by atoms with Gasteiger partial charge < -0.3 is 0 Å². The summed E-state index contributed by atoms with van der Waals surface area (Å²) in [4.78, 5) is 10.2. The Morgan fingerprint density at radius 1 is 1.80 bits per heavy atom. The maximum atomic E-state index is 10.2. The molecule has 0 bridgehead atoms. The summed E-state index contributed by atoms with van der Waals surface area (Å²) in [6.07, 6.45) is 0. The van der Waals surface area contributed by atoms with E-state index in [1.807, 2.05) is 0 Å². The third-order valence-electron chi connectivity index (χ3n) is 0.829. The summed E-state index contributed by atoms with van der Waals surface area (Å²) in [5.41, 5.74) is 9.59. The van der Waals surface area contributed by atoms with Gasteiger partial charge >= 0.3 is 68.3 Å². The number of carbonyl (C=O) groups is 1. The Bertz CT molecular complexity index is 120. The summed E-state index contributed by atoms with van der Waals surface area (Å²) in [6.45, 7) is 0. The van der Waals surface area contributed by atoms with Crippen molar-refractivity contribution in [1.29, 1.82) is 0 Å². The van der Waals surface area contributed by atoms with E-state index in [1.165, 1.54) is 0 Å². The third kappa shape index (κ3) is 5.15. The van der Waals surface area contributed by atoms with E-state index in [4.69, 9.17) is 10.8 Å². The van der Waals surface area contributed by atoms with Crippen LogP contribution in [0.3, 0.4) is 0 Å². The molecule has 0 aliphatic rings. The quantitative estimate of drug-likeness (QED) is 0.679. The maximum absolute atomic E-state index is 10.2. The average molecular weight is 225 g/mol. The fraction of sp³-hybridized carbons (Fsp3) is 0.800. The van der Waals surface area contributed by atoms with Crippen LogP contribution >= 0.6 is 10.0 Å². The zero-order chi connectivity index (χ0) is 8.15. The van der Waals surface area contributed by atoms with Gasteiger partial charge in [-0.2, -0.15) is 0 Å². The zero-order valence-corrected chi connectivity index (χ0v) is 8.77. The molecule has 5 heteroatoms. The van der Waals surface area contributed by atoms with Crippen molar-refractivity contribution in [2.45, 2.75) is 17.5 Å². The standard InChI is InChI=1S/C5H12AsNO2S/c1-6(2)10-3-4(7)5(8)9/h4H,3,7H2,1-2H3,(H,8,9)/t4-/m0/s1. The normalized spacial score (nSPS) is 13.6. The van der Waals surface area contributed by atoms with Crippen LogP contribution in [-0.4, -0.2) is 36.4 Å². The molecule has 0 heterocycles. The number of hydrogen-bond donors (Lipinski definition) is 2. The topological polar surface area (TPSA) is 63.3 Å². The molecule has 0 aliphatic carbocycles. The van der Waals surface area contributed by atoms with Gasteiger partial charge in [-0.15, -0.1) is 0 Å². The Morgan fingerprint density at radius 3 is 2.60 bits per heavy atom. The van der Waals surface area contributed by atoms with Gasteiger partial charge in [0.2, 0.25) is 0 Å². The molecule has 0 unspecified atom stereocenters. The van der Waals surface area contributed by atoms with Crippen molar-refractivity contribution in [2.24, 2.45) is 5.73 Å². The molecule has 0 aromatic carbocycles. The molecule has 0 rings (SSSR count). The summed E-state index contributed by atoms with van der Waals surface area (Å²) < 4.78 is 0. The molecule has 0 aliphatic heterocycles. The number of nitrogens with two attached hydrogens (primary N) is 1. The Hall–Kier alpha value is 0.338. The van der Waals surface area contributed by atoms with Crippen molar-refractivity contribution in [2.75, 3.05) is 5.75 Å². The van der Waals surface area contributed by atoms with E-state index in [2.05, 4.69) is 11.4 Å². The third-order valence-corrected chi connectivity index (χ3v) is 6.04. The van der Waals surface area contributed by atoms with Crippen molar-refractivity contribution in [3.05, 3.63) is 0 Å². The Balaban J connectivity index is 3.40. The van der Waals surface area contributed by atoms with Crippen LogP contribution in [0, 0.1) is 0 Å². The number of rotatable bonds is 4. The fourth-order valence-corrected chi connectivity index (χ4v) is 3.79. The number of carboxylic acid groups (broad SMARTS) is 1. The van der Waals surface area contributed by atoms with Crippen molar-refractivity contribution >= 4 is 29.5 Å². The average Bonchev–Trinajstić information content (AvgIpc) is 1.82. The van der Waals surface area contributed by atoms with E-state index in [0.29, 0.717) is 5.75 Å². The van der Waals surface area contributed by atoms with Crippen LogP contribution in [0.1, 0.15) is 0 Å². The Kier molecular flexibility index (Phi) is 5.22. The van der Waals surface area contributed by atoms with E-state index < -0.39 is 25.5 Å². The summed E-state index contributed by atoms with van der Waals surface area (Å²) >= 11 is -0.752. The molecule has 10 heavy (non-hydrogen) atoms. The summed E-state index contributed by atoms with van der Waals surface area (Å²) in [6, 6.07) is -0.679. The van der Waals surface area contributed by atoms with Gasteiger partial charge in [0.1, 0.15) is 0 Å². The second kappa shape index (κ2) is 5.05. The molecule has 0 spiro atoms. The predicted molar refractivity (Wildman–Crippen MR) is 45.6 cm³/mol. The van der Waals surface area contributed by atoms with Gasteiger partial charge in [-0.3, -0.25) is 0 Å². The molecule has 0 fully saturated rings. The van der Waals surface area contributed by atoms with E-state index in [9.17, 15) is 4.79 Å². The van der Waals surface area contributed by atoms with E-state index in [-0.39, 0.29) is 0 Å². The number of hydrogen-bond acceptors (Lipinski definition) is 3. The first-order valence-electron chi connectivity index (χ1n) is 2.82. The van der Waals surface area contributed by atoms with Crippen LogP contribution in [0.15, 0.2) is 0 Å². The monoisotopic (exact) mass is 225 g/mol. The summed E-state index contributed by atoms with van der Waals surface area (Å²) in [5.74, 6) is -0.342. The van der Waals surface area contributed by atoms with Crippen LogP contribution in [0.4, 0.5) is 0 Å². The van der Waals surface area contributed by atoms with E-state index in [0.717, 1.165) is 0 Å². The van der Waals surface area contributed by atoms with Crippen LogP contribution in [-0.2, 0) is 4.79 Å². The molecule has 0 saturated heterocycles. The molecule has 0 amide bonds. The van der Waals surface area contributed by atoms with Crippen LogP contribution < -0.4 is 5.73 Å². The van der Waals surface area contributed by atoms with Gasteiger partial charge in [0.15, 0.2) is 0 Å².